The summed E-state index contributed by atoms with van der Waals surface area (Å²) in [4.78, 5) is 26.1. The molecule has 1 aromatic carbocycles. The first-order valence-corrected chi connectivity index (χ1v) is 10.3. The number of aromatic nitrogens is 1. The SMILES string of the molecule is COc1c(N2CCC/C(=C(\Cl)CN)C2)c(F)cc2c(=O)c(C(=O)O)cn(C3CC3F)c12. The predicted molar refractivity (Wildman–Crippen MR) is 114 cm³/mol. The Morgan fingerprint density at radius 1 is 1.45 bits per heavy atom. The van der Waals surface area contributed by atoms with Gasteiger partial charge in [-0.1, -0.05) is 11.6 Å². The number of methoxy groups -OCH3 is 1. The highest BCUT2D eigenvalue weighted by molar-refractivity contribution is 6.30. The number of ether oxygens (including phenoxy) is 1. The highest BCUT2D eigenvalue weighted by Crippen LogP contribution is 2.45. The van der Waals surface area contributed by atoms with Gasteiger partial charge in [0.2, 0.25) is 5.43 Å². The van der Waals surface area contributed by atoms with Crippen LogP contribution in [-0.2, 0) is 0 Å². The minimum atomic E-state index is -1.46. The van der Waals surface area contributed by atoms with E-state index in [1.807, 2.05) is 0 Å². The molecule has 0 bridgehead atoms. The van der Waals surface area contributed by atoms with Crippen LogP contribution >= 0.6 is 11.6 Å². The second-order valence-electron chi connectivity index (χ2n) is 7.78. The number of piperidine rings is 1. The maximum Gasteiger partial charge on any atom is 0.341 e. The van der Waals surface area contributed by atoms with Crippen molar-refractivity contribution in [1.82, 2.24) is 4.57 Å². The molecule has 0 spiro atoms. The van der Waals surface area contributed by atoms with Crippen LogP contribution in [0.15, 0.2) is 27.7 Å². The molecule has 1 aliphatic carbocycles. The molecule has 2 aromatic rings. The normalized spacial score (nSPS) is 22.5. The van der Waals surface area contributed by atoms with Crippen LogP contribution in [0, 0.1) is 5.82 Å². The number of carboxylic acids is 1. The van der Waals surface area contributed by atoms with Crippen molar-refractivity contribution in [3.8, 4) is 5.75 Å². The molecule has 1 aliphatic heterocycles. The van der Waals surface area contributed by atoms with E-state index in [1.165, 1.54) is 11.7 Å². The lowest BCUT2D eigenvalue weighted by Gasteiger charge is -2.33. The van der Waals surface area contributed by atoms with Crippen molar-refractivity contribution >= 4 is 34.2 Å². The van der Waals surface area contributed by atoms with Gasteiger partial charge in [0.05, 0.1) is 24.1 Å². The maximum absolute atomic E-state index is 15.3. The fourth-order valence-electron chi connectivity index (χ4n) is 4.21. The van der Waals surface area contributed by atoms with Crippen LogP contribution in [0.25, 0.3) is 10.9 Å². The highest BCUT2D eigenvalue weighted by atomic mass is 35.5. The van der Waals surface area contributed by atoms with Crippen molar-refractivity contribution in [2.45, 2.75) is 31.5 Å². The van der Waals surface area contributed by atoms with E-state index in [0.29, 0.717) is 24.5 Å². The quantitative estimate of drug-likeness (QED) is 0.721. The van der Waals surface area contributed by atoms with Gasteiger partial charge in [-0.15, -0.1) is 0 Å². The van der Waals surface area contributed by atoms with Gasteiger partial charge < -0.3 is 25.0 Å². The summed E-state index contributed by atoms with van der Waals surface area (Å²) in [5, 5.41) is 9.77. The molecule has 0 amide bonds. The first kappa shape index (κ1) is 21.6. The Labute approximate surface area is 181 Å². The Kier molecular flexibility index (Phi) is 5.65. The van der Waals surface area contributed by atoms with Gasteiger partial charge in [0, 0.05) is 37.3 Å². The van der Waals surface area contributed by atoms with Gasteiger partial charge in [-0.05, 0) is 24.5 Å². The number of halogens is 3. The number of fused-ring (bicyclic) bond motifs is 1. The smallest absolute Gasteiger partial charge is 0.341 e. The fraction of sp³-hybridized carbons (Fsp3) is 0.429. The van der Waals surface area contributed by atoms with Crippen molar-refractivity contribution in [3.63, 3.8) is 0 Å². The predicted octanol–water partition coefficient (Wildman–Crippen LogP) is 3.18. The molecule has 10 heteroatoms. The number of aromatic carboxylic acids is 1. The molecule has 7 nitrogen and oxygen atoms in total. The largest absolute Gasteiger partial charge is 0.492 e. The van der Waals surface area contributed by atoms with Crippen molar-refractivity contribution < 1.29 is 23.4 Å². The molecule has 2 unspecified atom stereocenters. The lowest BCUT2D eigenvalue weighted by molar-refractivity contribution is 0.0694. The third-order valence-corrected chi connectivity index (χ3v) is 6.26. The Hall–Kier alpha value is -2.65. The number of hydrogen-bond acceptors (Lipinski definition) is 5. The standard InChI is InChI=1S/C21H22ClF2N3O4/c1-31-20-17-11(19(28)12(21(29)30)9-27(17)16-6-14(16)23)5-15(24)18(20)26-4-2-3-10(8-26)13(22)7-25/h5,9,14,16H,2-4,6-8,25H2,1H3,(H,29,30)/b13-10+. The molecule has 2 aliphatic rings. The van der Waals surface area contributed by atoms with Crippen molar-refractivity contribution in [2.24, 2.45) is 5.73 Å². The molecule has 31 heavy (non-hydrogen) atoms. The van der Waals surface area contributed by atoms with E-state index < -0.39 is 35.0 Å². The van der Waals surface area contributed by atoms with E-state index in [9.17, 15) is 19.1 Å². The van der Waals surface area contributed by atoms with E-state index in [0.717, 1.165) is 24.3 Å². The second kappa shape index (κ2) is 8.12. The summed E-state index contributed by atoms with van der Waals surface area (Å²) in [7, 11) is 1.34. The van der Waals surface area contributed by atoms with Gasteiger partial charge >= 0.3 is 5.97 Å². The summed E-state index contributed by atoms with van der Waals surface area (Å²) in [6.45, 7) is 1.03. The van der Waals surface area contributed by atoms with E-state index in [-0.39, 0.29) is 35.3 Å². The fourth-order valence-corrected chi connectivity index (χ4v) is 4.37. The van der Waals surface area contributed by atoms with Gasteiger partial charge in [0.15, 0.2) is 11.6 Å². The Bertz CT molecular complexity index is 1160. The zero-order chi connectivity index (χ0) is 22.4. The molecule has 3 N–H and O–H groups in total. The lowest BCUT2D eigenvalue weighted by atomic mass is 10.0. The number of pyridine rings is 1. The van der Waals surface area contributed by atoms with Crippen LogP contribution in [0.2, 0.25) is 0 Å². The number of benzene rings is 1. The third-order valence-electron chi connectivity index (χ3n) is 5.84. The van der Waals surface area contributed by atoms with E-state index in [2.05, 4.69) is 0 Å². The Balaban J connectivity index is 1.98. The Morgan fingerprint density at radius 3 is 2.74 bits per heavy atom. The number of alkyl halides is 1. The summed E-state index contributed by atoms with van der Waals surface area (Å²) in [5.74, 6) is -2.12. The number of anilines is 1. The van der Waals surface area contributed by atoms with Crippen LogP contribution < -0.4 is 20.8 Å². The zero-order valence-electron chi connectivity index (χ0n) is 16.8. The number of nitrogens with two attached hydrogens (primary N) is 1. The molecular weight excluding hydrogens is 432 g/mol. The van der Waals surface area contributed by atoms with Gasteiger partial charge in [-0.25, -0.2) is 13.6 Å². The summed E-state index contributed by atoms with van der Waals surface area (Å²) in [5.41, 5.74) is 5.46. The van der Waals surface area contributed by atoms with Gasteiger partial charge in [-0.3, -0.25) is 4.79 Å². The number of nitrogens with zero attached hydrogens (tertiary/aromatic N) is 2. The van der Waals surface area contributed by atoms with E-state index in [1.54, 1.807) is 4.90 Å². The number of hydrogen-bond donors (Lipinski definition) is 2. The molecule has 166 valence electrons. The third kappa shape index (κ3) is 3.65. The summed E-state index contributed by atoms with van der Waals surface area (Å²) >= 11 is 6.22. The second-order valence-corrected chi connectivity index (χ2v) is 8.23. The van der Waals surface area contributed by atoms with E-state index >= 15 is 4.39 Å². The minimum Gasteiger partial charge on any atom is -0.492 e. The van der Waals surface area contributed by atoms with Crippen molar-refractivity contribution in [3.05, 3.63) is 44.5 Å². The molecule has 1 saturated heterocycles. The summed E-state index contributed by atoms with van der Waals surface area (Å²) < 4.78 is 36.2. The highest BCUT2D eigenvalue weighted by Gasteiger charge is 2.41. The van der Waals surface area contributed by atoms with Crippen LogP contribution in [0.1, 0.15) is 35.7 Å². The number of carbonyl (C=O) groups is 1. The molecule has 4 rings (SSSR count). The summed E-state index contributed by atoms with van der Waals surface area (Å²) in [6.07, 6.45) is 1.57. The molecule has 1 saturated carbocycles. The van der Waals surface area contributed by atoms with Gasteiger partial charge in [0.1, 0.15) is 17.4 Å². The molecular formula is C21H22ClF2N3O4. The Morgan fingerprint density at radius 2 is 2.16 bits per heavy atom. The van der Waals surface area contributed by atoms with Crippen LogP contribution in [-0.4, -0.2) is 48.6 Å². The molecule has 2 heterocycles. The van der Waals surface area contributed by atoms with Crippen molar-refractivity contribution in [2.75, 3.05) is 31.6 Å². The zero-order valence-corrected chi connectivity index (χ0v) is 17.6. The number of carboxylic acid groups (broad SMARTS) is 1. The first-order chi connectivity index (χ1) is 14.8. The molecule has 1 aromatic heterocycles. The number of rotatable bonds is 5. The average molecular weight is 454 g/mol. The monoisotopic (exact) mass is 453 g/mol. The molecule has 2 fully saturated rings. The van der Waals surface area contributed by atoms with E-state index in [4.69, 9.17) is 22.1 Å². The van der Waals surface area contributed by atoms with Crippen molar-refractivity contribution in [1.29, 1.82) is 0 Å². The topological polar surface area (TPSA) is 97.8 Å². The average Bonchev–Trinajstić information content (AvgIpc) is 3.48. The molecule has 2 atom stereocenters. The maximum atomic E-state index is 15.3. The van der Waals surface area contributed by atoms with Gasteiger partial charge in [-0.2, -0.15) is 0 Å². The van der Waals surface area contributed by atoms with Crippen LogP contribution in [0.5, 0.6) is 5.75 Å². The van der Waals surface area contributed by atoms with Crippen LogP contribution in [0.4, 0.5) is 14.5 Å². The van der Waals surface area contributed by atoms with Crippen LogP contribution in [0.3, 0.4) is 0 Å². The molecule has 0 radical (unpaired) electrons. The first-order valence-electron chi connectivity index (χ1n) is 9.92. The minimum absolute atomic E-state index is 0.0632. The lowest BCUT2D eigenvalue weighted by Crippen LogP contribution is -2.33. The summed E-state index contributed by atoms with van der Waals surface area (Å²) in [6, 6.07) is 0.369. The van der Waals surface area contributed by atoms with Gasteiger partial charge in [0.25, 0.3) is 0 Å².